The number of anilines is 3. The van der Waals surface area contributed by atoms with Crippen molar-refractivity contribution in [3.63, 3.8) is 0 Å². The number of nitrogens with one attached hydrogen (secondary N) is 1. The van der Waals surface area contributed by atoms with Crippen molar-refractivity contribution in [3.8, 4) is 11.1 Å². The zero-order chi connectivity index (χ0) is 25.7. The fourth-order valence-corrected chi connectivity index (χ4v) is 3.89. The number of hydrogen-bond acceptors (Lipinski definition) is 9. The minimum Gasteiger partial charge on any atom is -0.465 e. The molecule has 1 N–H and O–H groups in total. The lowest BCUT2D eigenvalue weighted by molar-refractivity contribution is 0.0600. The summed E-state index contributed by atoms with van der Waals surface area (Å²) in [5.74, 6) is -0.185. The fraction of sp³-hybridized carbons (Fsp3) is 0.125. The topological polar surface area (TPSA) is 127 Å². The molecule has 0 saturated heterocycles. The first-order valence-electron chi connectivity index (χ1n) is 10.5. The molecule has 0 unspecified atom stereocenters. The quantitative estimate of drug-likeness (QED) is 0.355. The van der Waals surface area contributed by atoms with Crippen molar-refractivity contribution in [3.05, 3.63) is 90.4 Å². The van der Waals surface area contributed by atoms with Gasteiger partial charge in [-0.2, -0.15) is 0 Å². The second kappa shape index (κ2) is 10.4. The molecule has 1 aromatic carbocycles. The van der Waals surface area contributed by atoms with Crippen molar-refractivity contribution in [2.75, 3.05) is 23.0 Å². The number of pyridine rings is 2. The third kappa shape index (κ3) is 5.96. The van der Waals surface area contributed by atoms with Crippen LogP contribution in [0.2, 0.25) is 0 Å². The van der Waals surface area contributed by atoms with Gasteiger partial charge in [-0.25, -0.2) is 32.6 Å². The number of rotatable bonds is 8. The Bertz CT molecular complexity index is 1500. The summed E-state index contributed by atoms with van der Waals surface area (Å²) in [7, 11) is -2.27. The molecule has 12 heteroatoms. The van der Waals surface area contributed by atoms with E-state index < -0.39 is 21.8 Å². The minimum absolute atomic E-state index is 0.0413. The molecule has 184 valence electrons. The zero-order valence-electron chi connectivity index (χ0n) is 19.3. The maximum Gasteiger partial charge on any atom is 0.337 e. The summed E-state index contributed by atoms with van der Waals surface area (Å²) in [6.45, 7) is 0.0413. The van der Waals surface area contributed by atoms with E-state index in [9.17, 15) is 17.6 Å². The largest absolute Gasteiger partial charge is 0.465 e. The van der Waals surface area contributed by atoms with Gasteiger partial charge in [-0.1, -0.05) is 6.07 Å². The average molecular weight is 509 g/mol. The van der Waals surface area contributed by atoms with Crippen LogP contribution in [0.25, 0.3) is 11.1 Å². The first-order valence-corrected chi connectivity index (χ1v) is 12.4. The van der Waals surface area contributed by atoms with Crippen molar-refractivity contribution in [2.24, 2.45) is 0 Å². The summed E-state index contributed by atoms with van der Waals surface area (Å²) in [5.41, 5.74) is 1.80. The second-order valence-corrected chi connectivity index (χ2v) is 9.40. The van der Waals surface area contributed by atoms with Crippen molar-refractivity contribution >= 4 is 33.4 Å². The number of esters is 1. The number of carbonyl (C=O) groups is 1. The Kier molecular flexibility index (Phi) is 7.15. The van der Waals surface area contributed by atoms with Crippen LogP contribution in [0, 0.1) is 5.82 Å². The van der Waals surface area contributed by atoms with Crippen LogP contribution in [0.3, 0.4) is 0 Å². The molecule has 10 nitrogen and oxygen atoms in total. The highest BCUT2D eigenvalue weighted by atomic mass is 32.2. The monoisotopic (exact) mass is 508 g/mol. The zero-order valence-corrected chi connectivity index (χ0v) is 20.1. The van der Waals surface area contributed by atoms with Gasteiger partial charge in [0.1, 0.15) is 17.5 Å². The van der Waals surface area contributed by atoms with E-state index in [2.05, 4.69) is 29.4 Å². The van der Waals surface area contributed by atoms with E-state index in [-0.39, 0.29) is 17.9 Å². The van der Waals surface area contributed by atoms with Crippen LogP contribution < -0.4 is 9.62 Å². The molecule has 0 spiro atoms. The van der Waals surface area contributed by atoms with Crippen LogP contribution in [-0.2, 0) is 21.3 Å². The van der Waals surface area contributed by atoms with Gasteiger partial charge in [-0.05, 0) is 47.5 Å². The molecule has 0 radical (unpaired) electrons. The number of aromatic nitrogens is 4. The SMILES string of the molecule is COC(=O)c1ccc(CN(c2cnccn2)c2cc(-c3ccnc(NS(C)(=O)=O)c3)ccn2)c(F)c1. The lowest BCUT2D eigenvalue weighted by Gasteiger charge is -2.23. The number of carbonyl (C=O) groups excluding carboxylic acids is 1. The summed E-state index contributed by atoms with van der Waals surface area (Å²) in [5, 5.41) is 0. The van der Waals surface area contributed by atoms with Crippen molar-refractivity contribution in [1.82, 2.24) is 19.9 Å². The van der Waals surface area contributed by atoms with Gasteiger partial charge in [0, 0.05) is 30.4 Å². The highest BCUT2D eigenvalue weighted by Gasteiger charge is 2.18. The maximum atomic E-state index is 14.9. The molecule has 4 aromatic rings. The lowest BCUT2D eigenvalue weighted by Crippen LogP contribution is -2.20. The maximum absolute atomic E-state index is 14.9. The van der Waals surface area contributed by atoms with Crippen LogP contribution >= 0.6 is 0 Å². The third-order valence-corrected chi connectivity index (χ3v) is 5.61. The molecule has 0 amide bonds. The Morgan fingerprint density at radius 3 is 2.36 bits per heavy atom. The Morgan fingerprint density at radius 2 is 1.69 bits per heavy atom. The summed E-state index contributed by atoms with van der Waals surface area (Å²) >= 11 is 0. The lowest BCUT2D eigenvalue weighted by atomic mass is 10.1. The number of sulfonamides is 1. The summed E-state index contributed by atoms with van der Waals surface area (Å²) in [4.78, 5) is 30.3. The molecule has 4 rings (SSSR count). The predicted molar refractivity (Wildman–Crippen MR) is 132 cm³/mol. The average Bonchev–Trinajstić information content (AvgIpc) is 2.87. The fourth-order valence-electron chi connectivity index (χ4n) is 3.40. The molecule has 0 bridgehead atoms. The van der Waals surface area contributed by atoms with Crippen molar-refractivity contribution < 1.29 is 22.3 Å². The Labute approximate surface area is 206 Å². The third-order valence-electron chi connectivity index (χ3n) is 5.03. The molecule has 0 atom stereocenters. The molecule has 0 aliphatic heterocycles. The Balaban J connectivity index is 1.72. The smallest absolute Gasteiger partial charge is 0.337 e. The van der Waals surface area contributed by atoms with Gasteiger partial charge in [-0.3, -0.25) is 9.71 Å². The first-order chi connectivity index (χ1) is 17.2. The number of nitrogens with zero attached hydrogens (tertiary/aromatic N) is 5. The van der Waals surface area contributed by atoms with Crippen LogP contribution in [-0.4, -0.2) is 47.7 Å². The molecule has 36 heavy (non-hydrogen) atoms. The van der Waals surface area contributed by atoms with Gasteiger partial charge in [0.05, 0.1) is 31.7 Å². The van der Waals surface area contributed by atoms with Gasteiger partial charge < -0.3 is 9.64 Å². The molecular weight excluding hydrogens is 487 g/mol. The molecule has 0 aliphatic carbocycles. The number of hydrogen-bond donors (Lipinski definition) is 1. The molecular formula is C24H21FN6O4S. The number of halogens is 1. The van der Waals surface area contributed by atoms with Gasteiger partial charge in [0.2, 0.25) is 10.0 Å². The van der Waals surface area contributed by atoms with E-state index in [0.29, 0.717) is 28.3 Å². The van der Waals surface area contributed by atoms with Gasteiger partial charge in [-0.15, -0.1) is 0 Å². The highest BCUT2D eigenvalue weighted by molar-refractivity contribution is 7.92. The minimum atomic E-state index is -3.50. The van der Waals surface area contributed by atoms with E-state index in [1.807, 2.05) is 0 Å². The Morgan fingerprint density at radius 1 is 0.972 bits per heavy atom. The van der Waals surface area contributed by atoms with E-state index in [1.54, 1.807) is 35.4 Å². The highest BCUT2D eigenvalue weighted by Crippen LogP contribution is 2.29. The molecule has 3 heterocycles. The van der Waals surface area contributed by atoms with Gasteiger partial charge >= 0.3 is 5.97 Å². The van der Waals surface area contributed by atoms with E-state index in [0.717, 1.165) is 12.3 Å². The predicted octanol–water partition coefficient (Wildman–Crippen LogP) is 3.57. The van der Waals surface area contributed by atoms with E-state index in [1.165, 1.54) is 44.0 Å². The Hall–Kier alpha value is -4.45. The standard InChI is InChI=1S/C24H21FN6O4S/c1-35-24(32)18-3-4-19(20(25)11-18)15-31(23-14-26-9-10-29-23)22-13-17(6-8-28-22)16-5-7-27-21(12-16)30-36(2,33)34/h3-14H,15H2,1-2H3,(H,27,30). The van der Waals surface area contributed by atoms with Crippen molar-refractivity contribution in [1.29, 1.82) is 0 Å². The van der Waals surface area contributed by atoms with Crippen LogP contribution in [0.15, 0.2) is 73.4 Å². The number of ether oxygens (including phenoxy) is 1. The summed E-state index contributed by atoms with van der Waals surface area (Å²) in [6, 6.07) is 10.9. The van der Waals surface area contributed by atoms with Crippen molar-refractivity contribution in [2.45, 2.75) is 6.54 Å². The number of benzene rings is 1. The van der Waals surface area contributed by atoms with Gasteiger partial charge in [0.25, 0.3) is 0 Å². The van der Waals surface area contributed by atoms with Crippen LogP contribution in [0.1, 0.15) is 15.9 Å². The van der Waals surface area contributed by atoms with E-state index >= 15 is 0 Å². The molecule has 0 aliphatic rings. The van der Waals surface area contributed by atoms with Crippen LogP contribution in [0.4, 0.5) is 21.8 Å². The van der Waals surface area contributed by atoms with E-state index in [4.69, 9.17) is 0 Å². The van der Waals surface area contributed by atoms with Crippen LogP contribution in [0.5, 0.6) is 0 Å². The number of methoxy groups -OCH3 is 1. The normalized spacial score (nSPS) is 11.1. The van der Waals surface area contributed by atoms with Gasteiger partial charge in [0.15, 0.2) is 5.82 Å². The molecule has 0 saturated carbocycles. The molecule has 3 aromatic heterocycles. The summed E-state index contributed by atoms with van der Waals surface area (Å²) in [6.07, 6.45) is 8.66. The first kappa shape index (κ1) is 24.7. The molecule has 0 fully saturated rings. The summed E-state index contributed by atoms with van der Waals surface area (Å²) < 4.78 is 45.1. The second-order valence-electron chi connectivity index (χ2n) is 7.65.